The van der Waals surface area contributed by atoms with E-state index in [2.05, 4.69) is 0 Å². The van der Waals surface area contributed by atoms with E-state index in [4.69, 9.17) is 5.14 Å². The van der Waals surface area contributed by atoms with Crippen molar-refractivity contribution in [3.63, 3.8) is 0 Å². The molecule has 0 unspecified atom stereocenters. The van der Waals surface area contributed by atoms with E-state index in [9.17, 15) is 28.2 Å². The molecule has 1 saturated carbocycles. The summed E-state index contributed by atoms with van der Waals surface area (Å²) in [6.07, 6.45) is 3.28. The number of allylic oxidation sites excluding steroid dienone is 4. The normalized spacial score (nSPS) is 25.0. The molecule has 7 nitrogen and oxygen atoms in total. The summed E-state index contributed by atoms with van der Waals surface area (Å²) in [6, 6.07) is 3.69. The van der Waals surface area contributed by atoms with Gasteiger partial charge in [-0.2, -0.15) is 0 Å². The van der Waals surface area contributed by atoms with Crippen LogP contribution in [0.15, 0.2) is 57.0 Å². The van der Waals surface area contributed by atoms with Gasteiger partial charge >= 0.3 is 5.97 Å². The molecule has 158 valence electrons. The summed E-state index contributed by atoms with van der Waals surface area (Å²) in [5.74, 6) is -1.51. The van der Waals surface area contributed by atoms with E-state index >= 15 is 0 Å². The van der Waals surface area contributed by atoms with E-state index in [0.717, 1.165) is 22.3 Å². The Bertz CT molecular complexity index is 1230. The van der Waals surface area contributed by atoms with Crippen LogP contribution in [0.25, 0.3) is 0 Å². The van der Waals surface area contributed by atoms with Crippen molar-refractivity contribution in [2.45, 2.75) is 50.5 Å². The number of carboxylic acid groups (broad SMARTS) is 1. The van der Waals surface area contributed by atoms with Crippen molar-refractivity contribution in [2.24, 2.45) is 10.6 Å². The van der Waals surface area contributed by atoms with Crippen LogP contribution in [-0.2, 0) is 21.2 Å². The molecule has 0 heterocycles. The molecule has 30 heavy (non-hydrogen) atoms. The van der Waals surface area contributed by atoms with Gasteiger partial charge in [0.25, 0.3) is 0 Å². The van der Waals surface area contributed by atoms with E-state index in [-0.39, 0.29) is 22.7 Å². The zero-order chi connectivity index (χ0) is 22.2. The van der Waals surface area contributed by atoms with Gasteiger partial charge in [-0.25, -0.2) is 18.4 Å². The summed E-state index contributed by atoms with van der Waals surface area (Å²) >= 11 is 0. The summed E-state index contributed by atoms with van der Waals surface area (Å²) in [6.45, 7) is 5.30. The van der Waals surface area contributed by atoms with Gasteiger partial charge in [-0.05, 0) is 86.6 Å². The maximum absolute atomic E-state index is 13.1. The number of aromatic carboxylic acids is 1. The second-order valence-electron chi connectivity index (χ2n) is 8.55. The third-order valence-corrected chi connectivity index (χ3v) is 7.78. The van der Waals surface area contributed by atoms with Gasteiger partial charge in [0.1, 0.15) is 5.60 Å². The fourth-order valence-corrected chi connectivity index (χ4v) is 5.50. The molecule has 1 fully saturated rings. The summed E-state index contributed by atoms with van der Waals surface area (Å²) in [5.41, 5.74) is 1.88. The summed E-state index contributed by atoms with van der Waals surface area (Å²) < 4.78 is 23.6. The van der Waals surface area contributed by atoms with Gasteiger partial charge in [-0.3, -0.25) is 4.79 Å². The molecule has 1 spiro atoms. The van der Waals surface area contributed by atoms with Crippen LogP contribution in [0.5, 0.6) is 0 Å². The molecule has 0 bridgehead atoms. The first-order chi connectivity index (χ1) is 13.8. The van der Waals surface area contributed by atoms with Crippen molar-refractivity contribution in [1.82, 2.24) is 0 Å². The predicted octanol–water partition coefficient (Wildman–Crippen LogP) is 2.26. The first kappa shape index (κ1) is 20.7. The molecular weight excluding hydrogens is 406 g/mol. The Morgan fingerprint density at radius 3 is 2.40 bits per heavy atom. The molecule has 0 saturated heterocycles. The second-order valence-corrected chi connectivity index (χ2v) is 10.1. The van der Waals surface area contributed by atoms with Crippen LogP contribution in [0, 0.1) is 5.41 Å². The lowest BCUT2D eigenvalue weighted by Crippen LogP contribution is -2.49. The van der Waals surface area contributed by atoms with Crippen LogP contribution in [0.3, 0.4) is 0 Å². The fraction of sp³-hybridized carbons (Fsp3) is 0.364. The minimum absolute atomic E-state index is 0.0235. The van der Waals surface area contributed by atoms with Gasteiger partial charge in [-0.15, -0.1) is 0 Å². The topological polar surface area (TPSA) is 135 Å². The highest BCUT2D eigenvalue weighted by Gasteiger charge is 2.65. The lowest BCUT2D eigenvalue weighted by Gasteiger charge is -2.39. The fourth-order valence-electron chi connectivity index (χ4n) is 4.93. The zero-order valence-corrected chi connectivity index (χ0v) is 17.8. The first-order valence-electron chi connectivity index (χ1n) is 9.61. The van der Waals surface area contributed by atoms with Gasteiger partial charge in [0.2, 0.25) is 10.0 Å². The number of primary sulfonamides is 1. The summed E-state index contributed by atoms with van der Waals surface area (Å²) in [5, 5.41) is 25.8. The third kappa shape index (κ3) is 2.74. The number of benzene rings is 1. The van der Waals surface area contributed by atoms with Crippen molar-refractivity contribution < 1.29 is 28.2 Å². The van der Waals surface area contributed by atoms with Crippen LogP contribution in [-0.4, -0.2) is 36.0 Å². The number of carbonyl (C=O) groups is 2. The van der Waals surface area contributed by atoms with E-state index in [1.54, 1.807) is 13.0 Å². The highest BCUT2D eigenvalue weighted by atomic mass is 32.2. The molecule has 8 heteroatoms. The maximum Gasteiger partial charge on any atom is 0.335 e. The van der Waals surface area contributed by atoms with Gasteiger partial charge in [0.15, 0.2) is 5.78 Å². The molecule has 1 aromatic carbocycles. The summed E-state index contributed by atoms with van der Waals surface area (Å²) in [7, 11) is -4.00. The quantitative estimate of drug-likeness (QED) is 0.672. The first-order valence-corrected chi connectivity index (χ1v) is 11.2. The number of ketones is 1. The molecule has 0 aromatic heterocycles. The Morgan fingerprint density at radius 1 is 1.23 bits per heavy atom. The van der Waals surface area contributed by atoms with E-state index in [0.29, 0.717) is 24.0 Å². The lowest BCUT2D eigenvalue weighted by molar-refractivity contribution is -0.137. The number of hydrogen-bond donors (Lipinski definition) is 3. The monoisotopic (exact) mass is 429 g/mol. The van der Waals surface area contributed by atoms with E-state index < -0.39 is 27.0 Å². The third-order valence-electron chi connectivity index (χ3n) is 6.87. The number of rotatable bonds is 4. The number of sulfonamides is 1. The van der Waals surface area contributed by atoms with Crippen LogP contribution in [0.2, 0.25) is 0 Å². The van der Waals surface area contributed by atoms with Crippen LogP contribution in [0.1, 0.15) is 49.5 Å². The van der Waals surface area contributed by atoms with E-state index in [1.165, 1.54) is 18.2 Å². The van der Waals surface area contributed by atoms with Crippen molar-refractivity contribution in [3.8, 4) is 0 Å². The average molecular weight is 429 g/mol. The van der Waals surface area contributed by atoms with Crippen molar-refractivity contribution in [1.29, 1.82) is 0 Å². The number of hydrogen-bond acceptors (Lipinski definition) is 5. The predicted molar refractivity (Wildman–Crippen MR) is 109 cm³/mol. The summed E-state index contributed by atoms with van der Waals surface area (Å²) in [4.78, 5) is 24.6. The van der Waals surface area contributed by atoms with Crippen molar-refractivity contribution in [3.05, 3.63) is 63.3 Å². The maximum atomic E-state index is 13.1. The van der Waals surface area contributed by atoms with Gasteiger partial charge in [0.05, 0.1) is 10.5 Å². The molecule has 3 aliphatic rings. The molecule has 0 amide bonds. The molecule has 4 N–H and O–H groups in total. The Hall–Kier alpha value is -2.55. The molecule has 1 aromatic rings. The number of aliphatic hydroxyl groups is 1. The Labute approximate surface area is 174 Å². The van der Waals surface area contributed by atoms with Crippen LogP contribution >= 0.6 is 0 Å². The number of Topliss-reactive ketones (excluding diaryl/α,β-unsaturated/α-hetero) is 1. The molecule has 3 aliphatic carbocycles. The lowest BCUT2D eigenvalue weighted by atomic mass is 9.67. The number of carboxylic acids is 1. The van der Waals surface area contributed by atoms with E-state index in [1.807, 2.05) is 13.8 Å². The zero-order valence-electron chi connectivity index (χ0n) is 16.9. The van der Waals surface area contributed by atoms with Gasteiger partial charge in [0, 0.05) is 11.0 Å². The second kappa shape index (κ2) is 6.23. The number of nitrogens with two attached hydrogens (primary N) is 1. The highest BCUT2D eigenvalue weighted by Crippen LogP contribution is 2.65. The molecule has 1 atom stereocenters. The van der Waals surface area contributed by atoms with Crippen LogP contribution in [0.4, 0.5) is 0 Å². The van der Waals surface area contributed by atoms with Gasteiger partial charge in [-0.1, -0.05) is 5.57 Å². The highest BCUT2D eigenvalue weighted by molar-refractivity contribution is 7.89. The molecular formula is C22H23NO6S. The Kier molecular flexibility index (Phi) is 4.30. The number of fused-ring (bicyclic) bond motifs is 1. The minimum atomic E-state index is -4.00. The smallest absolute Gasteiger partial charge is 0.335 e. The standard InChI is InChI=1S/C22H23NO6S/c1-11-8-17-18(12(2)22(6-7-22)21(3,27)19(17)24)16(11)10-13-9-14(30(23,28)29)4-5-15(13)20(25)26/h4-5,8-9,27H,6-7,10H2,1-3H3,(H,25,26)(H2,23,28,29)/t21-/m0/s1. The number of carbonyl (C=O) groups excluding carboxylic acids is 1. The SMILES string of the molecule is CC1=C(Cc2cc(S(N)(=O)=O)ccc2C(=O)O)C2=C(C)C3(CC3)[C@@](C)(O)C(=O)C2=C1. The largest absolute Gasteiger partial charge is 0.478 e. The Balaban J connectivity index is 1.86. The van der Waals surface area contributed by atoms with Crippen molar-refractivity contribution in [2.75, 3.05) is 0 Å². The van der Waals surface area contributed by atoms with Gasteiger partial charge < -0.3 is 10.2 Å². The average Bonchev–Trinajstić information content (AvgIpc) is 3.40. The molecule has 0 radical (unpaired) electrons. The minimum Gasteiger partial charge on any atom is -0.478 e. The Morgan fingerprint density at radius 2 is 1.87 bits per heavy atom. The van der Waals surface area contributed by atoms with Crippen LogP contribution < -0.4 is 5.14 Å². The molecule has 4 rings (SSSR count). The molecule has 0 aliphatic heterocycles. The van der Waals surface area contributed by atoms with Crippen molar-refractivity contribution >= 4 is 21.8 Å².